The average Bonchev–Trinajstić information content (AvgIpc) is 2.49. The second kappa shape index (κ2) is 4.55. The molecule has 7 heteroatoms. The second-order valence-corrected chi connectivity index (χ2v) is 5.60. The van der Waals surface area contributed by atoms with Gasteiger partial charge in [0.1, 0.15) is 20.1 Å². The van der Waals surface area contributed by atoms with E-state index >= 15 is 0 Å². The van der Waals surface area contributed by atoms with E-state index in [4.69, 9.17) is 0 Å². The van der Waals surface area contributed by atoms with Crippen LogP contribution in [0.1, 0.15) is 0 Å². The zero-order valence-corrected chi connectivity index (χ0v) is 13.1. The Kier molecular flexibility index (Phi) is 3.57. The van der Waals surface area contributed by atoms with Crippen LogP contribution in [0.25, 0.3) is 5.82 Å². The van der Waals surface area contributed by atoms with Crippen LogP contribution in [0.2, 0.25) is 0 Å². The molecule has 72 valence electrons. The third-order valence-corrected chi connectivity index (χ3v) is 5.16. The van der Waals surface area contributed by atoms with Crippen molar-refractivity contribution in [3.8, 4) is 5.82 Å². The van der Waals surface area contributed by atoms with Crippen molar-refractivity contribution in [2.45, 2.75) is 0 Å². The zero-order valence-electron chi connectivity index (χ0n) is 6.65. The first-order valence-corrected chi connectivity index (χ1v) is 6.78. The number of hydrogen-bond donors (Lipinski definition) is 0. The fourth-order valence-electron chi connectivity index (χ4n) is 0.943. The van der Waals surface area contributed by atoms with E-state index in [1.165, 1.54) is 0 Å². The predicted molar refractivity (Wildman–Crippen MR) is 77.3 cm³/mol. The molecule has 0 saturated carbocycles. The Labute approximate surface area is 121 Å². The Hall–Kier alpha value is 0.480. The maximum atomic E-state index is 4.22. The average molecular weight is 524 g/mol. The highest BCUT2D eigenvalue weighted by atomic mass is 127. The van der Waals surface area contributed by atoms with E-state index < -0.39 is 0 Å². The molecule has 0 fully saturated rings. The molecule has 0 bridgehead atoms. The van der Waals surface area contributed by atoms with E-state index in [9.17, 15) is 0 Å². The molecule has 0 atom stereocenters. The van der Waals surface area contributed by atoms with Crippen molar-refractivity contribution in [1.82, 2.24) is 19.5 Å². The number of rotatable bonds is 1. The Bertz CT molecular complexity index is 468. The van der Waals surface area contributed by atoms with E-state index in [1.54, 1.807) is 18.9 Å². The van der Waals surface area contributed by atoms with Crippen molar-refractivity contribution in [3.63, 3.8) is 0 Å². The highest BCUT2D eigenvalue weighted by molar-refractivity contribution is 14.1. The van der Waals surface area contributed by atoms with E-state index in [0.717, 1.165) is 16.8 Å². The summed E-state index contributed by atoms with van der Waals surface area (Å²) in [6.45, 7) is 0. The second-order valence-electron chi connectivity index (χ2n) is 2.39. The quantitative estimate of drug-likeness (QED) is 0.540. The van der Waals surface area contributed by atoms with Crippen molar-refractivity contribution in [2.75, 3.05) is 0 Å². The van der Waals surface area contributed by atoms with Crippen LogP contribution in [0.5, 0.6) is 0 Å². The molecule has 0 N–H and O–H groups in total. The van der Waals surface area contributed by atoms with Crippen LogP contribution in [0.15, 0.2) is 18.9 Å². The lowest BCUT2D eigenvalue weighted by molar-refractivity contribution is 0.939. The topological polar surface area (TPSA) is 43.6 Å². The van der Waals surface area contributed by atoms with Gasteiger partial charge in [-0.2, -0.15) is 0 Å². The lowest BCUT2D eigenvalue weighted by atomic mass is 10.6. The van der Waals surface area contributed by atoms with Gasteiger partial charge in [0.15, 0.2) is 5.82 Å². The maximum Gasteiger partial charge on any atom is 0.155 e. The molecule has 14 heavy (non-hydrogen) atoms. The van der Waals surface area contributed by atoms with Gasteiger partial charge in [-0.3, -0.25) is 4.57 Å². The van der Waals surface area contributed by atoms with Crippen LogP contribution >= 0.6 is 67.8 Å². The first-order valence-electron chi connectivity index (χ1n) is 3.54. The molecule has 0 aliphatic rings. The van der Waals surface area contributed by atoms with Crippen molar-refractivity contribution in [3.05, 3.63) is 29.8 Å². The first kappa shape index (κ1) is 11.0. The van der Waals surface area contributed by atoms with Gasteiger partial charge in [0.25, 0.3) is 0 Å². The molecular weight excluding hydrogens is 521 g/mol. The molecule has 0 spiro atoms. The molecule has 0 aliphatic heterocycles. The number of hydrogen-bond acceptors (Lipinski definition) is 3. The molecule has 0 unspecified atom stereocenters. The lowest BCUT2D eigenvalue weighted by Gasteiger charge is -2.03. The van der Waals surface area contributed by atoms with Gasteiger partial charge in [0, 0.05) is 6.20 Å². The van der Waals surface area contributed by atoms with Crippen LogP contribution in [-0.4, -0.2) is 19.5 Å². The number of nitrogens with zero attached hydrogens (tertiary/aromatic N) is 4. The Morgan fingerprint density at radius 1 is 1.14 bits per heavy atom. The standard InChI is InChI=1S/C7H3I3N4/c8-4-1-11-2-12-7(4)14-3-13-5(9)6(14)10/h1-3H. The molecule has 0 saturated heterocycles. The van der Waals surface area contributed by atoms with Crippen LogP contribution in [-0.2, 0) is 0 Å². The molecule has 0 radical (unpaired) electrons. The molecule has 2 rings (SSSR count). The zero-order chi connectivity index (χ0) is 10.1. The van der Waals surface area contributed by atoms with Crippen LogP contribution in [0, 0.1) is 11.0 Å². The van der Waals surface area contributed by atoms with Gasteiger partial charge in [-0.1, -0.05) is 0 Å². The Morgan fingerprint density at radius 3 is 2.50 bits per heavy atom. The molecule has 2 heterocycles. The minimum atomic E-state index is 0.875. The summed E-state index contributed by atoms with van der Waals surface area (Å²) in [6.07, 6.45) is 5.10. The van der Waals surface area contributed by atoms with Gasteiger partial charge in [-0.25, -0.2) is 15.0 Å². The van der Waals surface area contributed by atoms with Crippen LogP contribution in [0.3, 0.4) is 0 Å². The monoisotopic (exact) mass is 524 g/mol. The molecule has 0 amide bonds. The number of aromatic nitrogens is 4. The van der Waals surface area contributed by atoms with Crippen molar-refractivity contribution in [1.29, 1.82) is 0 Å². The minimum Gasteiger partial charge on any atom is -0.276 e. The molecule has 0 aromatic carbocycles. The maximum absolute atomic E-state index is 4.22. The van der Waals surface area contributed by atoms with Crippen molar-refractivity contribution in [2.24, 2.45) is 0 Å². The number of imidazole rings is 1. The van der Waals surface area contributed by atoms with Gasteiger partial charge < -0.3 is 0 Å². The van der Waals surface area contributed by atoms with Gasteiger partial charge in [-0.05, 0) is 67.8 Å². The summed E-state index contributed by atoms with van der Waals surface area (Å²) in [5.41, 5.74) is 0. The summed E-state index contributed by atoms with van der Waals surface area (Å²) in [5, 5.41) is 0. The fraction of sp³-hybridized carbons (Fsp3) is 0. The third-order valence-electron chi connectivity index (χ3n) is 1.54. The largest absolute Gasteiger partial charge is 0.276 e. The van der Waals surface area contributed by atoms with Gasteiger partial charge >= 0.3 is 0 Å². The Morgan fingerprint density at radius 2 is 1.93 bits per heavy atom. The Balaban J connectivity index is 2.60. The first-order chi connectivity index (χ1) is 6.70. The lowest BCUT2D eigenvalue weighted by Crippen LogP contribution is -2.01. The number of halogens is 3. The fourth-order valence-corrected chi connectivity index (χ4v) is 2.38. The van der Waals surface area contributed by atoms with E-state index in [-0.39, 0.29) is 0 Å². The van der Waals surface area contributed by atoms with E-state index in [0.29, 0.717) is 0 Å². The van der Waals surface area contributed by atoms with E-state index in [1.807, 2.05) is 4.57 Å². The summed E-state index contributed by atoms with van der Waals surface area (Å²) >= 11 is 6.66. The highest BCUT2D eigenvalue weighted by Crippen LogP contribution is 2.19. The van der Waals surface area contributed by atoms with Crippen molar-refractivity contribution < 1.29 is 0 Å². The highest BCUT2D eigenvalue weighted by Gasteiger charge is 2.10. The third kappa shape index (κ3) is 2.03. The van der Waals surface area contributed by atoms with E-state index in [2.05, 4.69) is 82.7 Å². The molecule has 0 aliphatic carbocycles. The summed E-state index contributed by atoms with van der Waals surface area (Å²) in [7, 11) is 0. The summed E-state index contributed by atoms with van der Waals surface area (Å²) in [5.74, 6) is 0.875. The molecule has 2 aromatic heterocycles. The summed E-state index contributed by atoms with van der Waals surface area (Å²) < 4.78 is 5.01. The van der Waals surface area contributed by atoms with Gasteiger partial charge in [-0.15, -0.1) is 0 Å². The van der Waals surface area contributed by atoms with Crippen molar-refractivity contribution >= 4 is 67.8 Å². The summed E-state index contributed by atoms with van der Waals surface area (Å²) in [4.78, 5) is 12.4. The summed E-state index contributed by atoms with van der Waals surface area (Å²) in [6, 6.07) is 0. The van der Waals surface area contributed by atoms with Crippen LogP contribution in [0.4, 0.5) is 0 Å². The molecule has 2 aromatic rings. The smallest absolute Gasteiger partial charge is 0.155 e. The minimum absolute atomic E-state index is 0.875. The molecular formula is C7H3I3N4. The van der Waals surface area contributed by atoms with Crippen LogP contribution < -0.4 is 0 Å². The normalized spacial score (nSPS) is 10.5. The van der Waals surface area contributed by atoms with Gasteiger partial charge in [0.05, 0.1) is 3.57 Å². The molecule has 4 nitrogen and oxygen atoms in total. The SMILES string of the molecule is Ic1cncnc1-n1cnc(I)c1I. The predicted octanol–water partition coefficient (Wildman–Crippen LogP) is 2.48. The van der Waals surface area contributed by atoms with Gasteiger partial charge in [0.2, 0.25) is 0 Å².